The molecule has 2 aromatic rings. The Morgan fingerprint density at radius 2 is 1.42 bits per heavy atom. The Hall–Kier alpha value is -0.960. The lowest BCUT2D eigenvalue weighted by Crippen LogP contribution is -2.16. The summed E-state index contributed by atoms with van der Waals surface area (Å²) in [5.41, 5.74) is 4.81. The van der Waals surface area contributed by atoms with E-state index in [4.69, 9.17) is 9.97 Å². The van der Waals surface area contributed by atoms with Gasteiger partial charge in [0.25, 0.3) is 0 Å². The van der Waals surface area contributed by atoms with Crippen LogP contribution in [-0.2, 0) is 10.8 Å². The first-order chi connectivity index (χ1) is 8.51. The highest BCUT2D eigenvalue weighted by atomic mass is 32.1. The minimum Gasteiger partial charge on any atom is -0.255 e. The number of hydrogen-bond donors (Lipinski definition) is 0. The fourth-order valence-corrected chi connectivity index (χ4v) is 3.46. The van der Waals surface area contributed by atoms with Gasteiger partial charge in [-0.2, -0.15) is 0 Å². The number of aryl methyl sites for hydroxylation is 2. The molecule has 0 aliphatic heterocycles. The zero-order valence-corrected chi connectivity index (χ0v) is 14.1. The normalized spacial score (nSPS) is 13.3. The van der Waals surface area contributed by atoms with Crippen LogP contribution in [-0.4, -0.2) is 9.97 Å². The van der Waals surface area contributed by atoms with Crippen molar-refractivity contribution in [1.82, 2.24) is 9.97 Å². The van der Waals surface area contributed by atoms with Gasteiger partial charge < -0.3 is 0 Å². The summed E-state index contributed by atoms with van der Waals surface area (Å²) in [5.74, 6) is 0. The van der Waals surface area contributed by atoms with E-state index < -0.39 is 0 Å². The molecule has 0 aliphatic rings. The molecule has 0 aromatic carbocycles. The van der Waals surface area contributed by atoms with Crippen molar-refractivity contribution >= 4 is 21.6 Å². The molecule has 0 saturated heterocycles. The van der Waals surface area contributed by atoms with Crippen LogP contribution in [0.15, 0.2) is 0 Å². The number of rotatable bonds is 0. The lowest BCUT2D eigenvalue weighted by atomic mass is 9.88. The van der Waals surface area contributed by atoms with Crippen molar-refractivity contribution < 1.29 is 0 Å². The molecule has 2 nitrogen and oxygen atoms in total. The molecule has 2 aromatic heterocycles. The number of aromatic nitrogens is 2. The van der Waals surface area contributed by atoms with Crippen LogP contribution in [0.4, 0.5) is 0 Å². The smallest absolute Gasteiger partial charge is 0.103 e. The molecule has 2 heterocycles. The topological polar surface area (TPSA) is 25.8 Å². The Kier molecular flexibility index (Phi) is 3.25. The van der Waals surface area contributed by atoms with Gasteiger partial charge in [0.05, 0.1) is 21.1 Å². The van der Waals surface area contributed by atoms with Crippen molar-refractivity contribution in [2.75, 3.05) is 0 Å². The van der Waals surface area contributed by atoms with Gasteiger partial charge in [-0.3, -0.25) is 4.98 Å². The van der Waals surface area contributed by atoms with E-state index >= 15 is 0 Å². The van der Waals surface area contributed by atoms with E-state index in [1.54, 1.807) is 0 Å². The summed E-state index contributed by atoms with van der Waals surface area (Å²) in [4.78, 5) is 9.64. The summed E-state index contributed by atoms with van der Waals surface area (Å²) in [7, 11) is 0. The highest BCUT2D eigenvalue weighted by molar-refractivity contribution is 7.19. The number of hydrogen-bond acceptors (Lipinski definition) is 3. The van der Waals surface area contributed by atoms with Crippen LogP contribution in [0.25, 0.3) is 10.2 Å². The Balaban J connectivity index is 2.79. The van der Waals surface area contributed by atoms with E-state index in [1.807, 2.05) is 11.3 Å². The number of pyridine rings is 1. The van der Waals surface area contributed by atoms with E-state index in [9.17, 15) is 0 Å². The van der Waals surface area contributed by atoms with Crippen LogP contribution in [0.5, 0.6) is 0 Å². The van der Waals surface area contributed by atoms with E-state index in [0.29, 0.717) is 0 Å². The Morgan fingerprint density at radius 3 is 1.89 bits per heavy atom. The van der Waals surface area contributed by atoms with Crippen LogP contribution in [0.3, 0.4) is 0 Å². The van der Waals surface area contributed by atoms with E-state index in [-0.39, 0.29) is 10.8 Å². The average molecular weight is 276 g/mol. The average Bonchev–Trinajstić information content (AvgIpc) is 2.66. The Morgan fingerprint density at radius 1 is 0.842 bits per heavy atom. The Labute approximate surface area is 120 Å². The third-order valence-corrected chi connectivity index (χ3v) is 4.90. The molecule has 0 unspecified atom stereocenters. The third kappa shape index (κ3) is 2.53. The van der Waals surface area contributed by atoms with Gasteiger partial charge in [-0.25, -0.2) is 4.98 Å². The summed E-state index contributed by atoms with van der Waals surface area (Å²) < 4.78 is 1.31. The van der Waals surface area contributed by atoms with Gasteiger partial charge in [0, 0.05) is 10.8 Å². The summed E-state index contributed by atoms with van der Waals surface area (Å²) in [6.45, 7) is 17.6. The molecule has 0 radical (unpaired) electrons. The highest BCUT2D eigenvalue weighted by Gasteiger charge is 2.25. The summed E-state index contributed by atoms with van der Waals surface area (Å²) in [5, 5.41) is 1.20. The van der Waals surface area contributed by atoms with Gasteiger partial charge in [0.2, 0.25) is 0 Å². The van der Waals surface area contributed by atoms with Gasteiger partial charge in [-0.05, 0) is 19.4 Å². The van der Waals surface area contributed by atoms with Crippen molar-refractivity contribution in [3.8, 4) is 0 Å². The zero-order valence-electron chi connectivity index (χ0n) is 13.3. The summed E-state index contributed by atoms with van der Waals surface area (Å²) >= 11 is 1.82. The molecule has 0 spiro atoms. The second kappa shape index (κ2) is 4.27. The van der Waals surface area contributed by atoms with Crippen molar-refractivity contribution in [2.24, 2.45) is 0 Å². The minimum atomic E-state index is 0.0783. The van der Waals surface area contributed by atoms with Crippen molar-refractivity contribution in [1.29, 1.82) is 0 Å². The Bertz CT molecular complexity index is 625. The molecular weight excluding hydrogens is 252 g/mol. The largest absolute Gasteiger partial charge is 0.255 e. The standard InChI is InChI=1S/C16H24N2S/c1-9-12-11(18-14(19-12)16(6,7)8)10(2)17-13(9)15(3,4)5/h1-8H3. The maximum atomic E-state index is 4.82. The van der Waals surface area contributed by atoms with Crippen molar-refractivity contribution in [2.45, 2.75) is 66.2 Å². The van der Waals surface area contributed by atoms with Gasteiger partial charge >= 0.3 is 0 Å². The molecule has 0 amide bonds. The zero-order chi connectivity index (χ0) is 14.6. The fraction of sp³-hybridized carbons (Fsp3) is 0.625. The number of thiazole rings is 1. The first kappa shape index (κ1) is 14.4. The molecule has 19 heavy (non-hydrogen) atoms. The molecule has 0 fully saturated rings. The molecule has 0 bridgehead atoms. The SMILES string of the molecule is Cc1nc(C(C)(C)C)c(C)c2sc(C(C)(C)C)nc12. The van der Waals surface area contributed by atoms with Crippen LogP contribution < -0.4 is 0 Å². The van der Waals surface area contributed by atoms with Gasteiger partial charge in [-0.15, -0.1) is 11.3 Å². The maximum absolute atomic E-state index is 4.82. The molecule has 0 saturated carbocycles. The molecule has 0 N–H and O–H groups in total. The maximum Gasteiger partial charge on any atom is 0.103 e. The predicted octanol–water partition coefficient (Wildman–Crippen LogP) is 4.90. The van der Waals surface area contributed by atoms with E-state index in [2.05, 4.69) is 55.4 Å². The van der Waals surface area contributed by atoms with Gasteiger partial charge in [0.1, 0.15) is 5.52 Å². The highest BCUT2D eigenvalue weighted by Crippen LogP contribution is 2.37. The molecule has 104 valence electrons. The van der Waals surface area contributed by atoms with Gasteiger partial charge in [-0.1, -0.05) is 41.5 Å². The monoisotopic (exact) mass is 276 g/mol. The molecule has 3 heteroatoms. The minimum absolute atomic E-state index is 0.0783. The summed E-state index contributed by atoms with van der Waals surface area (Å²) in [6, 6.07) is 0. The predicted molar refractivity (Wildman–Crippen MR) is 84.3 cm³/mol. The van der Waals surface area contributed by atoms with Crippen molar-refractivity contribution in [3.63, 3.8) is 0 Å². The van der Waals surface area contributed by atoms with Crippen molar-refractivity contribution in [3.05, 3.63) is 22.0 Å². The number of fused-ring (bicyclic) bond motifs is 1. The fourth-order valence-electron chi connectivity index (χ4n) is 2.28. The molecule has 2 rings (SSSR count). The van der Waals surface area contributed by atoms with E-state index in [1.165, 1.54) is 21.0 Å². The second-order valence-electron chi connectivity index (χ2n) is 7.37. The first-order valence-corrected chi connectivity index (χ1v) is 7.62. The molecular formula is C16H24N2S. The summed E-state index contributed by atoms with van der Waals surface area (Å²) in [6.07, 6.45) is 0. The molecule has 0 aliphatic carbocycles. The molecule has 0 atom stereocenters. The van der Waals surface area contributed by atoms with Crippen LogP contribution >= 0.6 is 11.3 Å². The lowest BCUT2D eigenvalue weighted by molar-refractivity contribution is 0.564. The van der Waals surface area contributed by atoms with Crippen LogP contribution in [0.2, 0.25) is 0 Å². The third-order valence-electron chi connectivity index (χ3n) is 3.30. The van der Waals surface area contributed by atoms with Gasteiger partial charge in [0.15, 0.2) is 0 Å². The van der Waals surface area contributed by atoms with E-state index in [0.717, 1.165) is 11.2 Å². The van der Waals surface area contributed by atoms with Crippen LogP contribution in [0.1, 0.15) is 63.5 Å². The van der Waals surface area contributed by atoms with Crippen LogP contribution in [0, 0.1) is 13.8 Å². The second-order valence-corrected chi connectivity index (χ2v) is 8.37. The quantitative estimate of drug-likeness (QED) is 0.683. The first-order valence-electron chi connectivity index (χ1n) is 6.80. The lowest BCUT2D eigenvalue weighted by Gasteiger charge is -2.21. The number of nitrogens with zero attached hydrogens (tertiary/aromatic N) is 2.